The van der Waals surface area contributed by atoms with Gasteiger partial charge in [-0.3, -0.25) is 4.79 Å². The minimum absolute atomic E-state index is 0.0545. The number of aromatic nitrogens is 4. The zero-order chi connectivity index (χ0) is 18.4. The van der Waals surface area contributed by atoms with E-state index in [4.69, 9.17) is 11.6 Å². The van der Waals surface area contributed by atoms with Gasteiger partial charge in [0.2, 0.25) is 5.91 Å². The van der Waals surface area contributed by atoms with Crippen molar-refractivity contribution in [3.8, 4) is 5.69 Å². The zero-order valence-corrected chi connectivity index (χ0v) is 15.7. The molecule has 3 rings (SSSR count). The molecule has 0 aliphatic rings. The number of benzene rings is 2. The van der Waals surface area contributed by atoms with E-state index >= 15 is 0 Å². The molecule has 134 valence electrons. The summed E-state index contributed by atoms with van der Waals surface area (Å²) in [4.78, 5) is 12.2. The van der Waals surface area contributed by atoms with Crippen LogP contribution in [-0.2, 0) is 10.5 Å². The van der Waals surface area contributed by atoms with Gasteiger partial charge in [-0.1, -0.05) is 48.0 Å². The molecule has 1 unspecified atom stereocenters. The summed E-state index contributed by atoms with van der Waals surface area (Å²) < 4.78 is 1.68. The molecule has 0 aliphatic heterocycles. The van der Waals surface area contributed by atoms with Gasteiger partial charge in [0.05, 0.1) is 23.2 Å². The summed E-state index contributed by atoms with van der Waals surface area (Å²) in [5, 5.41) is 15.4. The van der Waals surface area contributed by atoms with E-state index in [-0.39, 0.29) is 11.9 Å². The number of hydrogen-bond acceptors (Lipinski definition) is 5. The first-order valence-corrected chi connectivity index (χ1v) is 9.62. The second-order valence-corrected chi connectivity index (χ2v) is 7.04. The molecule has 1 N–H and O–H groups in total. The molecule has 1 aromatic heterocycles. The Balaban J connectivity index is 1.52. The van der Waals surface area contributed by atoms with Crippen molar-refractivity contribution in [1.29, 1.82) is 0 Å². The first-order chi connectivity index (χ1) is 12.6. The van der Waals surface area contributed by atoms with Crippen LogP contribution < -0.4 is 5.32 Å². The maximum atomic E-state index is 12.2. The SMILES string of the molecule is CC(NC(=O)CSCc1nnnn1-c1ccccc1)c1ccccc1Cl. The molecule has 0 fully saturated rings. The summed E-state index contributed by atoms with van der Waals surface area (Å²) in [5.74, 6) is 1.50. The number of para-hydroxylation sites is 1. The topological polar surface area (TPSA) is 72.7 Å². The molecule has 0 saturated heterocycles. The lowest BCUT2D eigenvalue weighted by molar-refractivity contribution is -0.119. The van der Waals surface area contributed by atoms with Crippen molar-refractivity contribution >= 4 is 29.3 Å². The van der Waals surface area contributed by atoms with Crippen molar-refractivity contribution in [2.75, 3.05) is 5.75 Å². The molecule has 8 heteroatoms. The molecule has 0 bridgehead atoms. The number of rotatable bonds is 7. The monoisotopic (exact) mass is 387 g/mol. The van der Waals surface area contributed by atoms with Crippen LogP contribution in [0.4, 0.5) is 0 Å². The third-order valence-electron chi connectivity index (χ3n) is 3.75. The number of thioether (sulfide) groups is 1. The average Bonchev–Trinajstić information content (AvgIpc) is 3.11. The molecule has 3 aromatic rings. The number of amides is 1. The highest BCUT2D eigenvalue weighted by Crippen LogP contribution is 2.22. The quantitative estimate of drug-likeness (QED) is 0.672. The van der Waals surface area contributed by atoms with Crippen LogP contribution in [0.15, 0.2) is 54.6 Å². The number of halogens is 1. The summed E-state index contributed by atoms with van der Waals surface area (Å²) in [6.07, 6.45) is 0. The molecule has 0 radical (unpaired) electrons. The lowest BCUT2D eigenvalue weighted by Crippen LogP contribution is -2.28. The van der Waals surface area contributed by atoms with E-state index in [2.05, 4.69) is 20.8 Å². The minimum Gasteiger partial charge on any atom is -0.349 e. The van der Waals surface area contributed by atoms with Gasteiger partial charge in [0, 0.05) is 5.02 Å². The minimum atomic E-state index is -0.147. The Morgan fingerprint density at radius 2 is 1.92 bits per heavy atom. The van der Waals surface area contributed by atoms with Gasteiger partial charge in [0.15, 0.2) is 5.82 Å². The van der Waals surface area contributed by atoms with E-state index in [1.807, 2.05) is 61.5 Å². The molecule has 26 heavy (non-hydrogen) atoms. The van der Waals surface area contributed by atoms with Gasteiger partial charge < -0.3 is 5.32 Å². The van der Waals surface area contributed by atoms with Crippen molar-refractivity contribution < 1.29 is 4.79 Å². The molecule has 0 saturated carbocycles. The number of nitrogens with zero attached hydrogens (tertiary/aromatic N) is 4. The fraction of sp³-hybridized carbons (Fsp3) is 0.222. The van der Waals surface area contributed by atoms with Crippen LogP contribution in [0, 0.1) is 0 Å². The summed E-state index contributed by atoms with van der Waals surface area (Å²) in [6.45, 7) is 1.92. The van der Waals surface area contributed by atoms with Gasteiger partial charge in [-0.25, -0.2) is 0 Å². The van der Waals surface area contributed by atoms with Gasteiger partial charge >= 0.3 is 0 Å². The van der Waals surface area contributed by atoms with E-state index in [1.165, 1.54) is 11.8 Å². The molecule has 0 aliphatic carbocycles. The van der Waals surface area contributed by atoms with Gasteiger partial charge in [-0.05, 0) is 41.1 Å². The predicted molar refractivity (Wildman–Crippen MR) is 103 cm³/mol. The van der Waals surface area contributed by atoms with Gasteiger partial charge in [0.25, 0.3) is 0 Å². The number of tetrazole rings is 1. The lowest BCUT2D eigenvalue weighted by atomic mass is 10.1. The van der Waals surface area contributed by atoms with E-state index in [9.17, 15) is 4.79 Å². The van der Waals surface area contributed by atoms with E-state index in [0.717, 1.165) is 11.3 Å². The van der Waals surface area contributed by atoms with Crippen molar-refractivity contribution in [1.82, 2.24) is 25.5 Å². The van der Waals surface area contributed by atoms with Crippen molar-refractivity contribution in [3.05, 3.63) is 71.0 Å². The fourth-order valence-corrected chi connectivity index (χ4v) is 3.52. The lowest BCUT2D eigenvalue weighted by Gasteiger charge is -2.15. The summed E-state index contributed by atoms with van der Waals surface area (Å²) >= 11 is 7.63. The van der Waals surface area contributed by atoms with Crippen LogP contribution in [0.25, 0.3) is 5.69 Å². The Morgan fingerprint density at radius 3 is 2.69 bits per heavy atom. The third-order valence-corrected chi connectivity index (χ3v) is 5.02. The Hall–Kier alpha value is -2.38. The smallest absolute Gasteiger partial charge is 0.230 e. The van der Waals surface area contributed by atoms with Crippen LogP contribution in [-0.4, -0.2) is 31.9 Å². The zero-order valence-electron chi connectivity index (χ0n) is 14.2. The average molecular weight is 388 g/mol. The Kier molecular flexibility index (Phi) is 6.25. The maximum Gasteiger partial charge on any atom is 0.230 e. The van der Waals surface area contributed by atoms with Gasteiger partial charge in [0.1, 0.15) is 0 Å². The second kappa shape index (κ2) is 8.82. The summed E-state index contributed by atoms with van der Waals surface area (Å²) in [7, 11) is 0. The van der Waals surface area contributed by atoms with Crippen LogP contribution in [0.1, 0.15) is 24.4 Å². The van der Waals surface area contributed by atoms with Gasteiger partial charge in [-0.15, -0.1) is 16.9 Å². The third kappa shape index (κ3) is 4.62. The summed E-state index contributed by atoms with van der Waals surface area (Å²) in [6, 6.07) is 17.0. The fourth-order valence-electron chi connectivity index (χ4n) is 2.49. The Labute approximate surface area is 160 Å². The largest absolute Gasteiger partial charge is 0.349 e. The normalized spacial score (nSPS) is 11.9. The van der Waals surface area contributed by atoms with Crippen molar-refractivity contribution in [2.45, 2.75) is 18.7 Å². The number of nitrogens with one attached hydrogen (secondary N) is 1. The Morgan fingerprint density at radius 1 is 1.19 bits per heavy atom. The van der Waals surface area contributed by atoms with Crippen molar-refractivity contribution in [2.24, 2.45) is 0 Å². The second-order valence-electron chi connectivity index (χ2n) is 5.65. The molecule has 1 amide bonds. The molecule has 1 atom stereocenters. The highest BCUT2D eigenvalue weighted by Gasteiger charge is 2.13. The standard InChI is InChI=1S/C18H18ClN5OS/c1-13(15-9-5-6-10-16(15)19)20-18(25)12-26-11-17-21-22-23-24(17)14-7-3-2-4-8-14/h2-10,13H,11-12H2,1H3,(H,20,25). The predicted octanol–water partition coefficient (Wildman–Crippen LogP) is 3.43. The molecular formula is C18H18ClN5OS. The van der Waals surface area contributed by atoms with E-state index in [0.29, 0.717) is 22.4 Å². The number of hydrogen-bond donors (Lipinski definition) is 1. The summed E-state index contributed by atoms with van der Waals surface area (Å²) in [5.41, 5.74) is 1.80. The molecule has 2 aromatic carbocycles. The van der Waals surface area contributed by atoms with Crippen LogP contribution in [0.3, 0.4) is 0 Å². The highest BCUT2D eigenvalue weighted by atomic mass is 35.5. The van der Waals surface area contributed by atoms with E-state index in [1.54, 1.807) is 4.68 Å². The molecular weight excluding hydrogens is 370 g/mol. The van der Waals surface area contributed by atoms with Crippen LogP contribution >= 0.6 is 23.4 Å². The van der Waals surface area contributed by atoms with Crippen LogP contribution in [0.2, 0.25) is 5.02 Å². The van der Waals surface area contributed by atoms with Crippen LogP contribution in [0.5, 0.6) is 0 Å². The Bertz CT molecular complexity index is 871. The first kappa shape index (κ1) is 18.4. The van der Waals surface area contributed by atoms with Crippen molar-refractivity contribution in [3.63, 3.8) is 0 Å². The first-order valence-electron chi connectivity index (χ1n) is 8.09. The number of carbonyl (C=O) groups excluding carboxylic acids is 1. The number of carbonyl (C=O) groups is 1. The molecule has 0 spiro atoms. The van der Waals surface area contributed by atoms with Gasteiger partial charge in [-0.2, -0.15) is 4.68 Å². The molecule has 1 heterocycles. The highest BCUT2D eigenvalue weighted by molar-refractivity contribution is 7.99. The van der Waals surface area contributed by atoms with E-state index < -0.39 is 0 Å². The maximum absolute atomic E-state index is 12.2. The molecule has 6 nitrogen and oxygen atoms in total.